The summed E-state index contributed by atoms with van der Waals surface area (Å²) in [6.07, 6.45) is 1.40. The molecule has 0 saturated carbocycles. The number of alkyl halides is 3. The molecule has 0 saturated heterocycles. The molecule has 2 N–H and O–H groups in total. The van der Waals surface area contributed by atoms with Crippen LogP contribution in [-0.2, 0) is 12.6 Å². The molecule has 2 amide bonds. The summed E-state index contributed by atoms with van der Waals surface area (Å²) in [6, 6.07) is 12.2. The average molecular weight is 575 g/mol. The lowest BCUT2D eigenvalue weighted by Crippen LogP contribution is -2.41. The number of hydrogen-bond acceptors (Lipinski definition) is 6. The summed E-state index contributed by atoms with van der Waals surface area (Å²) >= 11 is 0. The minimum atomic E-state index is -4.76. The fourth-order valence-electron chi connectivity index (χ4n) is 5.00. The maximum Gasteiger partial charge on any atom is 0.421 e. The van der Waals surface area contributed by atoms with Crippen molar-refractivity contribution in [3.05, 3.63) is 95.7 Å². The zero-order chi connectivity index (χ0) is 29.4. The molecule has 6 rings (SSSR count). The Bertz CT molecular complexity index is 1770. The van der Waals surface area contributed by atoms with Crippen molar-refractivity contribution in [1.82, 2.24) is 24.8 Å². The number of nitrogens with one attached hydrogen (secondary N) is 2. The highest BCUT2D eigenvalue weighted by Gasteiger charge is 2.36. The van der Waals surface area contributed by atoms with Gasteiger partial charge in [-0.05, 0) is 73.9 Å². The lowest BCUT2D eigenvalue weighted by Gasteiger charge is -2.35. The van der Waals surface area contributed by atoms with E-state index >= 15 is 0 Å². The number of amides is 2. The maximum absolute atomic E-state index is 13.9. The van der Waals surface area contributed by atoms with E-state index in [1.165, 1.54) is 24.5 Å². The fourth-order valence-corrected chi connectivity index (χ4v) is 5.00. The molecule has 1 aliphatic heterocycles. The second-order valence-corrected chi connectivity index (χ2v) is 9.90. The van der Waals surface area contributed by atoms with Gasteiger partial charge in [0.15, 0.2) is 0 Å². The van der Waals surface area contributed by atoms with Crippen molar-refractivity contribution in [3.8, 4) is 23.1 Å². The number of anilines is 1. The Morgan fingerprint density at radius 2 is 1.83 bits per heavy atom. The van der Waals surface area contributed by atoms with Gasteiger partial charge in [-0.2, -0.15) is 13.2 Å². The fraction of sp³-hybridized carbons (Fsp3) is 0.200. The first kappa shape index (κ1) is 27.1. The molecule has 0 unspecified atom stereocenters. The van der Waals surface area contributed by atoms with Crippen molar-refractivity contribution in [3.63, 3.8) is 0 Å². The van der Waals surface area contributed by atoms with Crippen LogP contribution in [0.5, 0.6) is 23.1 Å². The van der Waals surface area contributed by atoms with Crippen LogP contribution in [0.3, 0.4) is 0 Å². The van der Waals surface area contributed by atoms with Crippen molar-refractivity contribution < 1.29 is 27.4 Å². The van der Waals surface area contributed by atoms with Crippen LogP contribution >= 0.6 is 0 Å². The van der Waals surface area contributed by atoms with Gasteiger partial charge in [-0.25, -0.2) is 14.8 Å². The largest absolute Gasteiger partial charge is 0.457 e. The number of carbonyl (C=O) groups is 1. The van der Waals surface area contributed by atoms with E-state index in [4.69, 9.17) is 9.47 Å². The Morgan fingerprint density at radius 3 is 2.62 bits per heavy atom. The quantitative estimate of drug-likeness (QED) is 0.226. The second-order valence-electron chi connectivity index (χ2n) is 9.90. The Hall–Kier alpha value is -5.13. The highest BCUT2D eigenvalue weighted by molar-refractivity contribution is 5.90. The van der Waals surface area contributed by atoms with Crippen molar-refractivity contribution in [1.29, 1.82) is 0 Å². The lowest BCUT2D eigenvalue weighted by molar-refractivity contribution is -0.138. The van der Waals surface area contributed by atoms with E-state index in [0.717, 1.165) is 40.1 Å². The van der Waals surface area contributed by atoms with E-state index in [1.807, 2.05) is 38.1 Å². The van der Waals surface area contributed by atoms with Gasteiger partial charge in [0, 0.05) is 30.8 Å². The summed E-state index contributed by atoms with van der Waals surface area (Å²) in [7, 11) is 0. The molecule has 42 heavy (non-hydrogen) atoms. The minimum absolute atomic E-state index is 0.104. The van der Waals surface area contributed by atoms with Crippen LogP contribution in [0.15, 0.2) is 73.3 Å². The summed E-state index contributed by atoms with van der Waals surface area (Å²) in [4.78, 5) is 30.0. The first-order chi connectivity index (χ1) is 20.2. The van der Waals surface area contributed by atoms with Crippen LogP contribution in [0.25, 0.3) is 11.0 Å². The predicted molar refractivity (Wildman–Crippen MR) is 149 cm³/mol. The van der Waals surface area contributed by atoms with Gasteiger partial charge in [-0.1, -0.05) is 6.07 Å². The molecule has 1 atom stereocenters. The average Bonchev–Trinajstić information content (AvgIpc) is 3.35. The smallest absolute Gasteiger partial charge is 0.421 e. The van der Waals surface area contributed by atoms with E-state index in [1.54, 1.807) is 17.2 Å². The highest BCUT2D eigenvalue weighted by Crippen LogP contribution is 2.39. The molecule has 12 heteroatoms. The Balaban J connectivity index is 1.21. The van der Waals surface area contributed by atoms with Crippen LogP contribution in [-0.4, -0.2) is 37.4 Å². The van der Waals surface area contributed by atoms with Crippen molar-refractivity contribution in [2.75, 3.05) is 11.9 Å². The monoisotopic (exact) mass is 574 g/mol. The normalized spacial score (nSPS) is 14.9. The SMILES string of the molecule is Cc1cc2c(Oc3ccc4c(c3)[C@H](C)N(C(=O)Nc3cnc(Oc5ccncc5)c(C(F)(F)F)c3)CC4)ccnc2[nH]1. The van der Waals surface area contributed by atoms with Crippen molar-refractivity contribution in [2.45, 2.75) is 32.5 Å². The zero-order valence-electron chi connectivity index (χ0n) is 22.6. The van der Waals surface area contributed by atoms with Gasteiger partial charge in [-0.3, -0.25) is 4.98 Å². The van der Waals surface area contributed by atoms with E-state index in [-0.39, 0.29) is 17.5 Å². The van der Waals surface area contributed by atoms with Gasteiger partial charge in [0.25, 0.3) is 0 Å². The first-order valence-electron chi connectivity index (χ1n) is 13.1. The number of aryl methyl sites for hydroxylation is 1. The molecule has 1 aromatic carbocycles. The van der Waals surface area contributed by atoms with Crippen LogP contribution in [0.1, 0.15) is 35.3 Å². The number of pyridine rings is 3. The number of hydrogen-bond donors (Lipinski definition) is 2. The molecule has 1 aliphatic rings. The topological polar surface area (TPSA) is 105 Å². The number of rotatable bonds is 5. The first-order valence-corrected chi connectivity index (χ1v) is 13.1. The van der Waals surface area contributed by atoms with Gasteiger partial charge in [0.05, 0.1) is 23.3 Å². The van der Waals surface area contributed by atoms with E-state index < -0.39 is 23.7 Å². The standard InChI is InChI=1S/C30H25F3N6O3/c1-17-13-24-26(7-11-35-27(24)37-17)41-22-4-3-19-8-12-39(18(2)23(19)15-22)29(40)38-20-14-25(30(31,32)33)28(36-16-20)42-21-5-9-34-10-6-21/h3-7,9-11,13-16,18H,8,12H2,1-2H3,(H,35,37)(H,38,40)/t18-/m0/s1. The molecule has 5 aromatic rings. The van der Waals surface area contributed by atoms with Crippen LogP contribution in [0, 0.1) is 6.92 Å². The molecule has 0 aliphatic carbocycles. The molecule has 0 radical (unpaired) electrons. The van der Waals surface area contributed by atoms with Crippen molar-refractivity contribution in [2.24, 2.45) is 0 Å². The second kappa shape index (κ2) is 10.7. The summed E-state index contributed by atoms with van der Waals surface area (Å²) in [5.74, 6) is 0.769. The number of urea groups is 1. The number of ether oxygens (including phenoxy) is 2. The number of halogens is 3. The molecule has 0 bridgehead atoms. The van der Waals surface area contributed by atoms with Gasteiger partial charge >= 0.3 is 12.2 Å². The third kappa shape index (κ3) is 5.42. The molecular formula is C30H25F3N6O3. The number of aromatic nitrogens is 4. The predicted octanol–water partition coefficient (Wildman–Crippen LogP) is 7.42. The Kier molecular flexibility index (Phi) is 6.89. The Morgan fingerprint density at radius 1 is 1.02 bits per heavy atom. The maximum atomic E-state index is 13.9. The lowest BCUT2D eigenvalue weighted by atomic mass is 9.93. The van der Waals surface area contributed by atoms with Gasteiger partial charge in [-0.15, -0.1) is 0 Å². The summed E-state index contributed by atoms with van der Waals surface area (Å²) in [5, 5.41) is 3.42. The number of carbonyl (C=O) groups excluding carboxylic acids is 1. The highest BCUT2D eigenvalue weighted by atomic mass is 19.4. The molecule has 9 nitrogen and oxygen atoms in total. The van der Waals surface area contributed by atoms with E-state index in [0.29, 0.717) is 24.5 Å². The Labute approximate surface area is 238 Å². The van der Waals surface area contributed by atoms with Crippen LogP contribution in [0.4, 0.5) is 23.7 Å². The minimum Gasteiger partial charge on any atom is -0.457 e. The summed E-state index contributed by atoms with van der Waals surface area (Å²) in [5.41, 5.74) is 2.42. The van der Waals surface area contributed by atoms with Gasteiger partial charge in [0.2, 0.25) is 5.88 Å². The van der Waals surface area contributed by atoms with Gasteiger partial charge < -0.3 is 24.7 Å². The third-order valence-electron chi connectivity index (χ3n) is 7.04. The molecule has 4 aromatic heterocycles. The summed E-state index contributed by atoms with van der Waals surface area (Å²) in [6.45, 7) is 4.19. The number of fused-ring (bicyclic) bond motifs is 2. The molecule has 0 spiro atoms. The number of aromatic amines is 1. The van der Waals surface area contributed by atoms with Crippen molar-refractivity contribution >= 4 is 22.8 Å². The number of H-pyrrole nitrogens is 1. The number of benzene rings is 1. The molecular weight excluding hydrogens is 549 g/mol. The molecule has 214 valence electrons. The van der Waals surface area contributed by atoms with E-state index in [9.17, 15) is 18.0 Å². The molecule has 0 fully saturated rings. The van der Waals surface area contributed by atoms with Gasteiger partial charge in [0.1, 0.15) is 28.5 Å². The number of nitrogens with zero attached hydrogens (tertiary/aromatic N) is 4. The van der Waals surface area contributed by atoms with Crippen LogP contribution < -0.4 is 14.8 Å². The summed E-state index contributed by atoms with van der Waals surface area (Å²) < 4.78 is 53.1. The van der Waals surface area contributed by atoms with Crippen LogP contribution in [0.2, 0.25) is 0 Å². The van der Waals surface area contributed by atoms with E-state index in [2.05, 4.69) is 25.3 Å². The third-order valence-corrected chi connectivity index (χ3v) is 7.04. The zero-order valence-corrected chi connectivity index (χ0v) is 22.6. The molecule has 5 heterocycles.